The summed E-state index contributed by atoms with van der Waals surface area (Å²) in [6.45, 7) is 2.14. The maximum atomic E-state index is 13.2. The molecule has 0 bridgehead atoms. The van der Waals surface area contributed by atoms with Gasteiger partial charge in [0, 0.05) is 0 Å². The quantitative estimate of drug-likeness (QED) is 0.585. The van der Waals surface area contributed by atoms with Crippen LogP contribution in [0.2, 0.25) is 0 Å². The van der Waals surface area contributed by atoms with Gasteiger partial charge in [-0.3, -0.25) is 0 Å². The molecule has 1 aliphatic rings. The summed E-state index contributed by atoms with van der Waals surface area (Å²) >= 11 is 0. The zero-order chi connectivity index (χ0) is 16.2. The van der Waals surface area contributed by atoms with Crippen molar-refractivity contribution in [1.82, 2.24) is 0 Å². The normalized spacial score (nSPS) is 15.9. The van der Waals surface area contributed by atoms with Crippen molar-refractivity contribution in [3.05, 3.63) is 41.5 Å². The molecule has 0 saturated carbocycles. The van der Waals surface area contributed by atoms with Crippen molar-refractivity contribution in [1.29, 1.82) is 0 Å². The van der Waals surface area contributed by atoms with Gasteiger partial charge in [0.2, 0.25) is 0 Å². The molecule has 0 radical (unpaired) electrons. The molecule has 0 atom stereocenters. The van der Waals surface area contributed by atoms with E-state index in [1.807, 2.05) is 6.08 Å². The van der Waals surface area contributed by atoms with Crippen LogP contribution in [0.5, 0.6) is 5.75 Å². The number of alkyl halides is 3. The molecular formula is C18H21F3O. The number of hydrogen-bond donors (Lipinski definition) is 0. The summed E-state index contributed by atoms with van der Waals surface area (Å²) in [5.74, 6) is 0.443. The molecule has 0 saturated heterocycles. The molecule has 0 spiro atoms. The first-order valence-corrected chi connectivity index (χ1v) is 7.65. The minimum absolute atomic E-state index is 0.214. The highest BCUT2D eigenvalue weighted by Gasteiger charge is 2.39. The van der Waals surface area contributed by atoms with E-state index in [1.54, 1.807) is 12.1 Å². The van der Waals surface area contributed by atoms with Crippen LogP contribution in [-0.2, 0) is 0 Å². The fourth-order valence-electron chi connectivity index (χ4n) is 2.67. The summed E-state index contributed by atoms with van der Waals surface area (Å²) < 4.78 is 44.6. The molecule has 0 heterocycles. The fourth-order valence-corrected chi connectivity index (χ4v) is 2.67. The minimum Gasteiger partial charge on any atom is -0.497 e. The highest BCUT2D eigenvalue weighted by molar-refractivity contribution is 5.97. The second-order valence-corrected chi connectivity index (χ2v) is 5.48. The molecule has 0 amide bonds. The first-order chi connectivity index (χ1) is 10.5. The minimum atomic E-state index is -4.35. The second-order valence-electron chi connectivity index (χ2n) is 5.48. The van der Waals surface area contributed by atoms with Crippen molar-refractivity contribution in [3.63, 3.8) is 0 Å². The van der Waals surface area contributed by atoms with Crippen molar-refractivity contribution in [3.8, 4) is 5.75 Å². The van der Waals surface area contributed by atoms with Gasteiger partial charge in [-0.05, 0) is 47.8 Å². The SMILES string of the molecule is CCCCCC/C=C1\C=C(C(F)(F)F)c2cc(OC)ccc21. The van der Waals surface area contributed by atoms with E-state index in [9.17, 15) is 13.2 Å². The van der Waals surface area contributed by atoms with Crippen molar-refractivity contribution >= 4 is 11.1 Å². The average molecular weight is 310 g/mol. The van der Waals surface area contributed by atoms with Gasteiger partial charge in [0.25, 0.3) is 0 Å². The monoisotopic (exact) mass is 310 g/mol. The number of hydrogen-bond acceptors (Lipinski definition) is 1. The lowest BCUT2D eigenvalue weighted by Crippen LogP contribution is -2.09. The van der Waals surface area contributed by atoms with Gasteiger partial charge < -0.3 is 4.74 Å². The Morgan fingerprint density at radius 3 is 2.50 bits per heavy atom. The molecular weight excluding hydrogens is 289 g/mol. The fraction of sp³-hybridized carbons (Fsp3) is 0.444. The molecule has 22 heavy (non-hydrogen) atoms. The van der Waals surface area contributed by atoms with E-state index in [0.717, 1.165) is 25.7 Å². The Balaban J connectivity index is 2.26. The number of halogens is 3. The predicted octanol–water partition coefficient (Wildman–Crippen LogP) is 6.01. The molecule has 120 valence electrons. The van der Waals surface area contributed by atoms with Crippen molar-refractivity contribution in [2.75, 3.05) is 7.11 Å². The van der Waals surface area contributed by atoms with E-state index in [0.29, 0.717) is 16.9 Å². The molecule has 0 unspecified atom stereocenters. The zero-order valence-electron chi connectivity index (χ0n) is 13.0. The highest BCUT2D eigenvalue weighted by Crippen LogP contribution is 2.45. The number of fused-ring (bicyclic) bond motifs is 1. The summed E-state index contributed by atoms with van der Waals surface area (Å²) in [5.41, 5.74) is 0.943. The summed E-state index contributed by atoms with van der Waals surface area (Å²) in [7, 11) is 1.46. The largest absolute Gasteiger partial charge is 0.497 e. The Bertz CT molecular complexity index is 582. The third-order valence-electron chi connectivity index (χ3n) is 3.86. The zero-order valence-corrected chi connectivity index (χ0v) is 13.0. The van der Waals surface area contributed by atoms with Crippen LogP contribution < -0.4 is 4.74 Å². The molecule has 0 fully saturated rings. The topological polar surface area (TPSA) is 9.23 Å². The number of benzene rings is 1. The van der Waals surface area contributed by atoms with Crippen LogP contribution >= 0.6 is 0 Å². The van der Waals surface area contributed by atoms with Crippen molar-refractivity contribution in [2.45, 2.75) is 45.2 Å². The van der Waals surface area contributed by atoms with Gasteiger partial charge in [-0.2, -0.15) is 13.2 Å². The summed E-state index contributed by atoms with van der Waals surface area (Å²) in [5, 5.41) is 0. The van der Waals surface area contributed by atoms with Crippen LogP contribution in [0.3, 0.4) is 0 Å². The standard InChI is InChI=1S/C18H21F3O/c1-3-4-5-6-7-8-13-11-17(18(19,20)21)16-12-14(22-2)9-10-15(13)16/h8-12H,3-7H2,1-2H3/b13-8+. The smallest absolute Gasteiger partial charge is 0.417 e. The van der Waals surface area contributed by atoms with Gasteiger partial charge in [0.1, 0.15) is 5.75 Å². The Morgan fingerprint density at radius 1 is 1.09 bits per heavy atom. The number of unbranched alkanes of at least 4 members (excludes halogenated alkanes) is 4. The Morgan fingerprint density at radius 2 is 1.86 bits per heavy atom. The van der Waals surface area contributed by atoms with Crippen LogP contribution in [-0.4, -0.2) is 13.3 Å². The summed E-state index contributed by atoms with van der Waals surface area (Å²) in [6, 6.07) is 4.88. The van der Waals surface area contributed by atoms with Gasteiger partial charge >= 0.3 is 6.18 Å². The molecule has 0 N–H and O–H groups in total. The van der Waals surface area contributed by atoms with Gasteiger partial charge in [-0.15, -0.1) is 0 Å². The highest BCUT2D eigenvalue weighted by atomic mass is 19.4. The maximum Gasteiger partial charge on any atom is 0.417 e. The molecule has 1 aromatic rings. The first kappa shape index (κ1) is 16.7. The number of allylic oxidation sites excluding steroid dienone is 4. The summed E-state index contributed by atoms with van der Waals surface area (Å²) in [6.07, 6.45) is 4.08. The molecule has 0 aliphatic heterocycles. The van der Waals surface area contributed by atoms with Crippen LogP contribution in [0.25, 0.3) is 11.1 Å². The third kappa shape index (κ3) is 3.73. The van der Waals surface area contributed by atoms with E-state index in [2.05, 4.69) is 6.92 Å². The van der Waals surface area contributed by atoms with E-state index < -0.39 is 11.7 Å². The van der Waals surface area contributed by atoms with Gasteiger partial charge in [0.15, 0.2) is 0 Å². The van der Waals surface area contributed by atoms with Crippen LogP contribution in [0.1, 0.15) is 50.2 Å². The van der Waals surface area contributed by atoms with Crippen LogP contribution in [0.4, 0.5) is 13.2 Å². The van der Waals surface area contributed by atoms with E-state index in [1.165, 1.54) is 25.7 Å². The van der Waals surface area contributed by atoms with Gasteiger partial charge in [-0.25, -0.2) is 0 Å². The van der Waals surface area contributed by atoms with Crippen molar-refractivity contribution in [2.24, 2.45) is 0 Å². The maximum absolute atomic E-state index is 13.2. The first-order valence-electron chi connectivity index (χ1n) is 7.65. The average Bonchev–Trinajstić information content (AvgIpc) is 2.85. The molecule has 0 aromatic heterocycles. The molecule has 1 nitrogen and oxygen atoms in total. The lowest BCUT2D eigenvalue weighted by atomic mass is 10.0. The second kappa shape index (κ2) is 7.03. The Hall–Kier alpha value is -1.71. The molecule has 1 aliphatic carbocycles. The molecule has 2 rings (SSSR count). The van der Waals surface area contributed by atoms with Gasteiger partial charge in [-0.1, -0.05) is 38.3 Å². The van der Waals surface area contributed by atoms with E-state index >= 15 is 0 Å². The number of rotatable bonds is 6. The molecule has 4 heteroatoms. The number of methoxy groups -OCH3 is 1. The predicted molar refractivity (Wildman–Crippen MR) is 83.8 cm³/mol. The van der Waals surface area contributed by atoms with Crippen molar-refractivity contribution < 1.29 is 17.9 Å². The van der Waals surface area contributed by atoms with E-state index in [-0.39, 0.29) is 5.56 Å². The third-order valence-corrected chi connectivity index (χ3v) is 3.86. The van der Waals surface area contributed by atoms with Gasteiger partial charge in [0.05, 0.1) is 12.7 Å². The Kier molecular flexibility index (Phi) is 5.33. The van der Waals surface area contributed by atoms with Crippen LogP contribution in [0, 0.1) is 0 Å². The lowest BCUT2D eigenvalue weighted by molar-refractivity contribution is -0.0687. The lowest BCUT2D eigenvalue weighted by Gasteiger charge is -2.10. The number of ether oxygens (including phenoxy) is 1. The Labute approximate surface area is 129 Å². The summed E-state index contributed by atoms with van der Waals surface area (Å²) in [4.78, 5) is 0. The van der Waals surface area contributed by atoms with E-state index in [4.69, 9.17) is 4.74 Å². The molecule has 1 aromatic carbocycles. The van der Waals surface area contributed by atoms with Crippen LogP contribution in [0.15, 0.2) is 30.4 Å².